The number of likely N-dealkylation sites (tertiary alicyclic amines) is 1. The molecule has 0 unspecified atom stereocenters. The molecule has 134 valence electrons. The second-order valence-corrected chi connectivity index (χ2v) is 6.90. The molecule has 2 saturated heterocycles. The van der Waals surface area contributed by atoms with Crippen LogP contribution in [0.1, 0.15) is 24.8 Å². The Labute approximate surface area is 144 Å². The number of hydrogen-bond donors (Lipinski definition) is 2. The van der Waals surface area contributed by atoms with E-state index >= 15 is 0 Å². The number of nitrogens with zero attached hydrogens (tertiary/aromatic N) is 4. The highest BCUT2D eigenvalue weighted by Crippen LogP contribution is 2.17. The van der Waals surface area contributed by atoms with Gasteiger partial charge in [0, 0.05) is 38.9 Å². The third kappa shape index (κ3) is 4.45. The average molecular weight is 334 g/mol. The van der Waals surface area contributed by atoms with Crippen molar-refractivity contribution in [1.82, 2.24) is 14.8 Å². The molecule has 2 N–H and O–H groups in total. The van der Waals surface area contributed by atoms with Gasteiger partial charge in [0.05, 0.1) is 19.3 Å². The fourth-order valence-corrected chi connectivity index (χ4v) is 3.68. The van der Waals surface area contributed by atoms with Crippen LogP contribution in [-0.2, 0) is 6.54 Å². The molecule has 1 aromatic rings. The highest BCUT2D eigenvalue weighted by molar-refractivity contribution is 5.40. The van der Waals surface area contributed by atoms with E-state index in [9.17, 15) is 10.2 Å². The zero-order valence-electron chi connectivity index (χ0n) is 14.5. The van der Waals surface area contributed by atoms with E-state index in [4.69, 9.17) is 0 Å². The minimum absolute atomic E-state index is 0.0138. The Morgan fingerprint density at radius 2 is 1.62 bits per heavy atom. The quantitative estimate of drug-likeness (QED) is 0.792. The molecule has 24 heavy (non-hydrogen) atoms. The molecule has 0 aromatic carbocycles. The number of aliphatic hydroxyl groups excluding tert-OH is 2. The van der Waals surface area contributed by atoms with Crippen molar-refractivity contribution in [3.63, 3.8) is 0 Å². The van der Waals surface area contributed by atoms with Gasteiger partial charge in [-0.05, 0) is 37.6 Å². The lowest BCUT2D eigenvalue weighted by Crippen LogP contribution is -2.52. The van der Waals surface area contributed by atoms with Crippen molar-refractivity contribution in [2.45, 2.75) is 31.8 Å². The van der Waals surface area contributed by atoms with Crippen LogP contribution in [0.15, 0.2) is 18.3 Å². The number of aromatic nitrogens is 1. The highest BCUT2D eigenvalue weighted by Gasteiger charge is 2.23. The first kappa shape index (κ1) is 17.6. The van der Waals surface area contributed by atoms with Gasteiger partial charge < -0.3 is 15.1 Å². The van der Waals surface area contributed by atoms with Crippen molar-refractivity contribution in [3.8, 4) is 0 Å². The number of aliphatic hydroxyl groups is 2. The highest BCUT2D eigenvalue weighted by atomic mass is 16.3. The van der Waals surface area contributed by atoms with Crippen LogP contribution in [0.3, 0.4) is 0 Å². The molecular formula is C18H30N4O2. The minimum atomic E-state index is -0.132. The second-order valence-electron chi connectivity index (χ2n) is 6.90. The van der Waals surface area contributed by atoms with E-state index in [1.165, 1.54) is 37.9 Å². The van der Waals surface area contributed by atoms with Gasteiger partial charge in [0.1, 0.15) is 5.82 Å². The van der Waals surface area contributed by atoms with Gasteiger partial charge in [-0.25, -0.2) is 4.98 Å². The maximum absolute atomic E-state index is 9.29. The van der Waals surface area contributed by atoms with E-state index in [2.05, 4.69) is 31.8 Å². The molecule has 1 aromatic heterocycles. The fourth-order valence-electron chi connectivity index (χ4n) is 3.68. The molecule has 0 amide bonds. The van der Waals surface area contributed by atoms with Crippen molar-refractivity contribution in [3.05, 3.63) is 23.9 Å². The zero-order chi connectivity index (χ0) is 16.8. The monoisotopic (exact) mass is 334 g/mol. The Bertz CT molecular complexity index is 478. The van der Waals surface area contributed by atoms with Crippen LogP contribution in [0.25, 0.3) is 0 Å². The summed E-state index contributed by atoms with van der Waals surface area (Å²) in [5.41, 5.74) is 1.29. The predicted octanol–water partition coefficient (Wildman–Crippen LogP) is 0.543. The smallest absolute Gasteiger partial charge is 0.128 e. The van der Waals surface area contributed by atoms with Crippen molar-refractivity contribution in [1.29, 1.82) is 0 Å². The number of hydrogen-bond acceptors (Lipinski definition) is 6. The number of piperidine rings is 1. The molecule has 3 heterocycles. The lowest BCUT2D eigenvalue weighted by molar-refractivity contribution is 0.0699. The van der Waals surface area contributed by atoms with Crippen LogP contribution in [0, 0.1) is 0 Å². The van der Waals surface area contributed by atoms with Gasteiger partial charge >= 0.3 is 0 Å². The fraction of sp³-hybridized carbons (Fsp3) is 0.722. The Morgan fingerprint density at radius 3 is 2.21 bits per heavy atom. The molecular weight excluding hydrogens is 304 g/mol. The summed E-state index contributed by atoms with van der Waals surface area (Å²) in [4.78, 5) is 11.6. The summed E-state index contributed by atoms with van der Waals surface area (Å²) < 4.78 is 0. The SMILES string of the molecule is OCC(CO)N1CCN(c2ccc(CN3CCCCC3)cn2)CC1. The summed E-state index contributed by atoms with van der Waals surface area (Å²) in [6.45, 7) is 6.92. The molecule has 2 fully saturated rings. The average Bonchev–Trinajstić information content (AvgIpc) is 2.65. The van der Waals surface area contributed by atoms with E-state index in [-0.39, 0.29) is 19.3 Å². The first-order valence-corrected chi connectivity index (χ1v) is 9.18. The molecule has 0 aliphatic carbocycles. The molecule has 3 rings (SSSR count). The summed E-state index contributed by atoms with van der Waals surface area (Å²) in [5, 5.41) is 18.6. The molecule has 2 aliphatic rings. The molecule has 2 aliphatic heterocycles. The van der Waals surface area contributed by atoms with Crippen LogP contribution in [0.5, 0.6) is 0 Å². The second kappa shape index (κ2) is 8.76. The Balaban J connectivity index is 1.51. The van der Waals surface area contributed by atoms with Gasteiger partial charge in [0.25, 0.3) is 0 Å². The maximum atomic E-state index is 9.29. The first-order valence-electron chi connectivity index (χ1n) is 9.18. The van der Waals surface area contributed by atoms with E-state index in [0.717, 1.165) is 38.5 Å². The van der Waals surface area contributed by atoms with Crippen molar-refractivity contribution < 1.29 is 10.2 Å². The van der Waals surface area contributed by atoms with E-state index in [1.54, 1.807) is 0 Å². The minimum Gasteiger partial charge on any atom is -0.395 e. The largest absolute Gasteiger partial charge is 0.395 e. The van der Waals surface area contributed by atoms with Gasteiger partial charge in [0.2, 0.25) is 0 Å². The van der Waals surface area contributed by atoms with Crippen LogP contribution < -0.4 is 4.90 Å². The first-order chi connectivity index (χ1) is 11.8. The van der Waals surface area contributed by atoms with Gasteiger partial charge in [-0.2, -0.15) is 0 Å². The van der Waals surface area contributed by atoms with Gasteiger partial charge in [-0.3, -0.25) is 9.80 Å². The predicted molar refractivity (Wildman–Crippen MR) is 95.1 cm³/mol. The molecule has 0 atom stereocenters. The van der Waals surface area contributed by atoms with Gasteiger partial charge in [0.15, 0.2) is 0 Å². The van der Waals surface area contributed by atoms with E-state index < -0.39 is 0 Å². The van der Waals surface area contributed by atoms with Crippen molar-refractivity contribution in [2.75, 3.05) is 57.4 Å². The summed E-state index contributed by atoms with van der Waals surface area (Å²) >= 11 is 0. The molecule has 6 heteroatoms. The van der Waals surface area contributed by atoms with Crippen LogP contribution in [0.4, 0.5) is 5.82 Å². The summed E-state index contributed by atoms with van der Waals surface area (Å²) in [6.07, 6.45) is 6.02. The van der Waals surface area contributed by atoms with Crippen LogP contribution in [-0.4, -0.2) is 83.5 Å². The molecule has 0 radical (unpaired) electrons. The van der Waals surface area contributed by atoms with Crippen LogP contribution in [0.2, 0.25) is 0 Å². The van der Waals surface area contributed by atoms with Gasteiger partial charge in [-0.15, -0.1) is 0 Å². The van der Waals surface area contributed by atoms with Gasteiger partial charge in [-0.1, -0.05) is 12.5 Å². The Morgan fingerprint density at radius 1 is 0.917 bits per heavy atom. The summed E-state index contributed by atoms with van der Waals surface area (Å²) in [6, 6.07) is 4.20. The zero-order valence-corrected chi connectivity index (χ0v) is 14.5. The number of anilines is 1. The molecule has 0 saturated carbocycles. The normalized spacial score (nSPS) is 20.7. The Kier molecular flexibility index (Phi) is 6.43. The molecule has 6 nitrogen and oxygen atoms in total. The third-order valence-corrected chi connectivity index (χ3v) is 5.24. The summed E-state index contributed by atoms with van der Waals surface area (Å²) in [7, 11) is 0. The number of rotatable bonds is 6. The third-order valence-electron chi connectivity index (χ3n) is 5.24. The lowest BCUT2D eigenvalue weighted by atomic mass is 10.1. The van der Waals surface area contributed by atoms with Crippen LogP contribution >= 0.6 is 0 Å². The standard InChI is InChI=1S/C18H30N4O2/c23-14-17(15-24)21-8-10-22(11-9-21)18-5-4-16(12-19-18)13-20-6-2-1-3-7-20/h4-5,12,17,23-24H,1-3,6-11,13-15H2. The maximum Gasteiger partial charge on any atom is 0.128 e. The van der Waals surface area contributed by atoms with E-state index in [1.807, 2.05) is 6.20 Å². The van der Waals surface area contributed by atoms with Crippen molar-refractivity contribution in [2.24, 2.45) is 0 Å². The molecule has 0 spiro atoms. The lowest BCUT2D eigenvalue weighted by Gasteiger charge is -2.38. The van der Waals surface area contributed by atoms with Crippen molar-refractivity contribution >= 4 is 5.82 Å². The topological polar surface area (TPSA) is 63.1 Å². The summed E-state index contributed by atoms with van der Waals surface area (Å²) in [5.74, 6) is 1.03. The molecule has 0 bridgehead atoms. The van der Waals surface area contributed by atoms with E-state index in [0.29, 0.717) is 0 Å². The number of piperazine rings is 1. The number of pyridine rings is 1. The Hall–Kier alpha value is -1.21.